The molecule has 3 rings (SSSR count). The first-order valence-corrected chi connectivity index (χ1v) is 11.7. The topological polar surface area (TPSA) is 119 Å². The van der Waals surface area contributed by atoms with Gasteiger partial charge in [0.1, 0.15) is 5.75 Å². The zero-order valence-corrected chi connectivity index (χ0v) is 18.0. The van der Waals surface area contributed by atoms with Gasteiger partial charge in [0.15, 0.2) is 0 Å². The van der Waals surface area contributed by atoms with Crippen LogP contribution in [-0.2, 0) is 21.9 Å². The van der Waals surface area contributed by atoms with Crippen molar-refractivity contribution < 1.29 is 17.9 Å². The maximum Gasteiger partial charge on any atom is 0.243 e. The summed E-state index contributed by atoms with van der Waals surface area (Å²) in [6, 6.07) is 4.51. The van der Waals surface area contributed by atoms with Crippen LogP contribution < -0.4 is 10.1 Å². The lowest BCUT2D eigenvalue weighted by Gasteiger charge is -2.21. The summed E-state index contributed by atoms with van der Waals surface area (Å²) in [7, 11) is -0.483. The van der Waals surface area contributed by atoms with Crippen molar-refractivity contribution in [2.24, 2.45) is 7.05 Å². The molecule has 10 nitrogen and oxygen atoms in total. The van der Waals surface area contributed by atoms with E-state index in [0.29, 0.717) is 29.7 Å². The zero-order chi connectivity index (χ0) is 20.9. The molecule has 2 heterocycles. The predicted molar refractivity (Wildman–Crippen MR) is 108 cm³/mol. The molecule has 1 aliphatic heterocycles. The Balaban J connectivity index is 1.75. The molecule has 1 aromatic heterocycles. The molecule has 0 radical (unpaired) electrons. The van der Waals surface area contributed by atoms with Gasteiger partial charge in [0, 0.05) is 20.1 Å². The van der Waals surface area contributed by atoms with Crippen molar-refractivity contribution in [2.75, 3.05) is 31.3 Å². The summed E-state index contributed by atoms with van der Waals surface area (Å²) in [4.78, 5) is 12.5. The normalized spacial score (nSPS) is 15.7. The molecule has 158 valence electrons. The Morgan fingerprint density at radius 2 is 1.97 bits per heavy atom. The highest BCUT2D eigenvalue weighted by atomic mass is 32.2. The molecule has 1 aliphatic rings. The second-order valence-corrected chi connectivity index (χ2v) is 9.48. The second-order valence-electron chi connectivity index (χ2n) is 6.60. The van der Waals surface area contributed by atoms with Crippen molar-refractivity contribution in [3.05, 3.63) is 18.2 Å². The number of benzene rings is 1. The Hall–Kier alpha value is -2.18. The van der Waals surface area contributed by atoms with E-state index >= 15 is 0 Å². The van der Waals surface area contributed by atoms with Crippen molar-refractivity contribution in [3.8, 4) is 5.75 Å². The van der Waals surface area contributed by atoms with Gasteiger partial charge in [-0.1, -0.05) is 24.6 Å². The van der Waals surface area contributed by atoms with Crippen molar-refractivity contribution in [3.63, 3.8) is 0 Å². The summed E-state index contributed by atoms with van der Waals surface area (Å²) in [6.45, 7) is 1.02. The number of aromatic nitrogens is 4. The number of amides is 1. The number of nitrogens with zero attached hydrogens (tertiary/aromatic N) is 5. The van der Waals surface area contributed by atoms with E-state index in [9.17, 15) is 13.2 Å². The first-order chi connectivity index (χ1) is 13.9. The highest BCUT2D eigenvalue weighted by Gasteiger charge is 2.26. The monoisotopic (exact) mass is 440 g/mol. The van der Waals surface area contributed by atoms with Crippen molar-refractivity contribution in [2.45, 2.75) is 35.7 Å². The van der Waals surface area contributed by atoms with Gasteiger partial charge in [-0.15, -0.1) is 5.10 Å². The third-order valence-electron chi connectivity index (χ3n) is 4.56. The van der Waals surface area contributed by atoms with Crippen molar-refractivity contribution in [1.29, 1.82) is 0 Å². The molecular formula is C17H24N6O4S2. The number of carbonyl (C=O) groups is 1. The minimum atomic E-state index is -3.63. The van der Waals surface area contributed by atoms with Gasteiger partial charge >= 0.3 is 0 Å². The van der Waals surface area contributed by atoms with Gasteiger partial charge in [-0.2, -0.15) is 4.31 Å². The number of methoxy groups -OCH3 is 1. The largest absolute Gasteiger partial charge is 0.495 e. The standard InChI is InChI=1S/C17H24N6O4S2/c1-22-17(19-20-21-22)28-12-16(24)18-14-11-13(7-8-15(14)27-2)29(25,26)23-9-5-3-4-6-10-23/h7-8,11H,3-6,9-10,12H2,1-2H3,(H,18,24). The Bertz CT molecular complexity index is 955. The average molecular weight is 441 g/mol. The van der Waals surface area contributed by atoms with Gasteiger partial charge in [-0.05, 0) is 41.5 Å². The molecule has 29 heavy (non-hydrogen) atoms. The van der Waals surface area contributed by atoms with E-state index in [4.69, 9.17) is 4.74 Å². The summed E-state index contributed by atoms with van der Waals surface area (Å²) in [5, 5.41) is 14.3. The van der Waals surface area contributed by atoms with Crippen LogP contribution in [0.15, 0.2) is 28.3 Å². The molecule has 0 unspecified atom stereocenters. The third-order valence-corrected chi connectivity index (χ3v) is 7.47. The SMILES string of the molecule is COc1ccc(S(=O)(=O)N2CCCCCC2)cc1NC(=O)CSc1nnnn1C. The number of ether oxygens (including phenoxy) is 1. The number of hydrogen-bond acceptors (Lipinski definition) is 8. The number of tetrazole rings is 1. The smallest absolute Gasteiger partial charge is 0.243 e. The first-order valence-electron chi connectivity index (χ1n) is 9.25. The fourth-order valence-electron chi connectivity index (χ4n) is 3.04. The van der Waals surface area contributed by atoms with E-state index in [1.165, 1.54) is 40.0 Å². The number of rotatable bonds is 7. The molecule has 0 spiro atoms. The van der Waals surface area contributed by atoms with Gasteiger partial charge in [0.2, 0.25) is 21.1 Å². The quantitative estimate of drug-likeness (QED) is 0.644. The molecule has 12 heteroatoms. The Morgan fingerprint density at radius 3 is 2.59 bits per heavy atom. The summed E-state index contributed by atoms with van der Waals surface area (Å²) < 4.78 is 34.3. The minimum Gasteiger partial charge on any atom is -0.495 e. The van der Waals surface area contributed by atoms with Crippen LogP contribution in [0.3, 0.4) is 0 Å². The van der Waals surface area contributed by atoms with Crippen LogP contribution in [0.1, 0.15) is 25.7 Å². The molecule has 2 aromatic rings. The maximum absolute atomic E-state index is 13.0. The lowest BCUT2D eigenvalue weighted by molar-refractivity contribution is -0.113. The average Bonchev–Trinajstić information content (AvgIpc) is 2.94. The second kappa shape index (κ2) is 9.55. The Morgan fingerprint density at radius 1 is 1.24 bits per heavy atom. The lowest BCUT2D eigenvalue weighted by atomic mass is 10.2. The molecule has 0 saturated carbocycles. The van der Waals surface area contributed by atoms with Crippen LogP contribution in [0, 0.1) is 0 Å². The van der Waals surface area contributed by atoms with Crippen LogP contribution in [0.5, 0.6) is 5.75 Å². The number of aryl methyl sites for hydroxylation is 1. The lowest BCUT2D eigenvalue weighted by Crippen LogP contribution is -2.32. The molecule has 1 amide bonds. The van der Waals surface area contributed by atoms with Gasteiger partial charge in [0.05, 0.1) is 23.4 Å². The summed E-state index contributed by atoms with van der Waals surface area (Å²) in [5.74, 6) is 0.139. The molecule has 0 aliphatic carbocycles. The number of hydrogen-bond donors (Lipinski definition) is 1. The molecule has 1 aromatic carbocycles. The zero-order valence-electron chi connectivity index (χ0n) is 16.4. The molecule has 1 N–H and O–H groups in total. The molecular weight excluding hydrogens is 416 g/mol. The van der Waals surface area contributed by atoms with E-state index < -0.39 is 10.0 Å². The van der Waals surface area contributed by atoms with Gasteiger partial charge in [0.25, 0.3) is 0 Å². The van der Waals surface area contributed by atoms with Crippen molar-refractivity contribution in [1.82, 2.24) is 24.5 Å². The summed E-state index contributed by atoms with van der Waals surface area (Å²) in [5.41, 5.74) is 0.310. The number of sulfonamides is 1. The first kappa shape index (κ1) is 21.5. The molecule has 0 atom stereocenters. The number of thioether (sulfide) groups is 1. The summed E-state index contributed by atoms with van der Waals surface area (Å²) in [6.07, 6.45) is 3.78. The van der Waals surface area contributed by atoms with E-state index in [-0.39, 0.29) is 16.6 Å². The maximum atomic E-state index is 13.0. The van der Waals surface area contributed by atoms with Gasteiger partial charge in [-0.3, -0.25) is 4.79 Å². The Labute approximate surface area is 174 Å². The van der Waals surface area contributed by atoms with Crippen LogP contribution in [0.4, 0.5) is 5.69 Å². The van der Waals surface area contributed by atoms with E-state index in [2.05, 4.69) is 20.8 Å². The van der Waals surface area contributed by atoms with Gasteiger partial charge in [-0.25, -0.2) is 13.1 Å². The highest BCUT2D eigenvalue weighted by Crippen LogP contribution is 2.30. The fourth-order valence-corrected chi connectivity index (χ4v) is 5.23. The highest BCUT2D eigenvalue weighted by molar-refractivity contribution is 7.99. The minimum absolute atomic E-state index is 0.0699. The van der Waals surface area contributed by atoms with Crippen LogP contribution in [0.25, 0.3) is 0 Å². The fraction of sp³-hybridized carbons (Fsp3) is 0.529. The van der Waals surface area contributed by atoms with E-state index in [1.807, 2.05) is 0 Å². The molecule has 0 bridgehead atoms. The van der Waals surface area contributed by atoms with Crippen LogP contribution in [0.2, 0.25) is 0 Å². The number of carbonyl (C=O) groups excluding carboxylic acids is 1. The number of nitrogens with one attached hydrogen (secondary N) is 1. The van der Waals surface area contributed by atoms with E-state index in [1.54, 1.807) is 13.1 Å². The third kappa shape index (κ3) is 5.25. The Kier molecular flexibility index (Phi) is 7.09. The van der Waals surface area contributed by atoms with Crippen LogP contribution >= 0.6 is 11.8 Å². The van der Waals surface area contributed by atoms with E-state index in [0.717, 1.165) is 25.7 Å². The molecule has 1 saturated heterocycles. The molecule has 1 fully saturated rings. The number of anilines is 1. The predicted octanol–water partition coefficient (Wildman–Crippen LogP) is 1.51. The van der Waals surface area contributed by atoms with Crippen molar-refractivity contribution >= 4 is 33.4 Å². The van der Waals surface area contributed by atoms with Gasteiger partial charge < -0.3 is 10.1 Å². The van der Waals surface area contributed by atoms with Crippen LogP contribution in [-0.4, -0.2) is 64.8 Å². The summed E-state index contributed by atoms with van der Waals surface area (Å²) >= 11 is 1.18.